The quantitative estimate of drug-likeness (QED) is 0.376. The first-order chi connectivity index (χ1) is 18.0. The van der Waals surface area contributed by atoms with Crippen molar-refractivity contribution in [2.24, 2.45) is 0 Å². The minimum Gasteiger partial charge on any atom is -0.384 e. The van der Waals surface area contributed by atoms with Crippen molar-refractivity contribution in [3.05, 3.63) is 88.1 Å². The van der Waals surface area contributed by atoms with Crippen molar-refractivity contribution in [3.8, 4) is 0 Å². The van der Waals surface area contributed by atoms with E-state index in [0.29, 0.717) is 31.0 Å². The number of anilines is 3. The number of carbonyl (C=O) groups excluding carboxylic acids is 1. The van der Waals surface area contributed by atoms with Crippen LogP contribution in [0.25, 0.3) is 10.8 Å². The summed E-state index contributed by atoms with van der Waals surface area (Å²) in [7, 11) is 0. The summed E-state index contributed by atoms with van der Waals surface area (Å²) in [6.45, 7) is 3.75. The Bertz CT molecular complexity index is 1560. The van der Waals surface area contributed by atoms with Gasteiger partial charge in [0.2, 0.25) is 5.91 Å². The molecule has 9 nitrogen and oxygen atoms in total. The Morgan fingerprint density at radius 3 is 2.73 bits per heavy atom. The normalized spacial score (nSPS) is 16.9. The summed E-state index contributed by atoms with van der Waals surface area (Å²) < 4.78 is 1.60. The number of nitrogens with two attached hydrogens (primary N) is 1. The number of nitrogens with one attached hydrogen (secondary N) is 2. The van der Waals surface area contributed by atoms with Gasteiger partial charge < -0.3 is 21.3 Å². The van der Waals surface area contributed by atoms with Crippen molar-refractivity contribution in [3.63, 3.8) is 0 Å². The van der Waals surface area contributed by atoms with Gasteiger partial charge in [0.1, 0.15) is 11.9 Å². The summed E-state index contributed by atoms with van der Waals surface area (Å²) >= 11 is 0. The average molecular weight is 496 g/mol. The van der Waals surface area contributed by atoms with Crippen molar-refractivity contribution in [2.45, 2.75) is 38.4 Å². The van der Waals surface area contributed by atoms with Crippen LogP contribution in [-0.4, -0.2) is 39.6 Å². The highest BCUT2D eigenvalue weighted by atomic mass is 16.2. The number of amides is 1. The zero-order valence-corrected chi connectivity index (χ0v) is 20.6. The van der Waals surface area contributed by atoms with Crippen LogP contribution in [-0.2, 0) is 17.8 Å². The molecule has 6 rings (SSSR count). The predicted molar refractivity (Wildman–Crippen MR) is 145 cm³/mol. The van der Waals surface area contributed by atoms with E-state index < -0.39 is 6.04 Å². The molecule has 0 saturated carbocycles. The number of nitrogen functional groups attached to an aromatic ring is 1. The Labute approximate surface area is 214 Å². The molecule has 0 spiro atoms. The maximum absolute atomic E-state index is 13.3. The maximum atomic E-state index is 13.3. The van der Waals surface area contributed by atoms with E-state index in [0.717, 1.165) is 30.0 Å². The second-order valence-corrected chi connectivity index (χ2v) is 9.80. The molecule has 4 N–H and O–H groups in total. The van der Waals surface area contributed by atoms with Crippen LogP contribution in [0.1, 0.15) is 29.4 Å². The molecule has 1 saturated heterocycles. The number of fused-ring (bicyclic) bond motifs is 2. The number of hydrogen-bond donors (Lipinski definition) is 3. The monoisotopic (exact) mass is 495 g/mol. The Morgan fingerprint density at radius 1 is 1.11 bits per heavy atom. The number of aryl methyl sites for hydroxylation is 2. The fraction of sp³-hybridized carbons (Fsp3) is 0.286. The van der Waals surface area contributed by atoms with Gasteiger partial charge in [-0.2, -0.15) is 0 Å². The smallest absolute Gasteiger partial charge is 0.294 e. The SMILES string of the molecule is Cc1nc(N)ccc1CNC(=O)[C@@H]1CCc2cnc(NC3CN(c4ccc5ccccc5c4)C3)c(=O)n21. The highest BCUT2D eigenvalue weighted by Gasteiger charge is 2.32. The minimum absolute atomic E-state index is 0.111. The largest absolute Gasteiger partial charge is 0.384 e. The van der Waals surface area contributed by atoms with Crippen LogP contribution in [0.2, 0.25) is 0 Å². The fourth-order valence-corrected chi connectivity index (χ4v) is 5.23. The number of carbonyl (C=O) groups is 1. The molecule has 37 heavy (non-hydrogen) atoms. The predicted octanol–water partition coefficient (Wildman–Crippen LogP) is 2.79. The molecule has 188 valence electrons. The van der Waals surface area contributed by atoms with Gasteiger partial charge in [-0.1, -0.05) is 36.4 Å². The van der Waals surface area contributed by atoms with Gasteiger partial charge in [-0.15, -0.1) is 0 Å². The van der Waals surface area contributed by atoms with E-state index in [-0.39, 0.29) is 17.5 Å². The van der Waals surface area contributed by atoms with Crippen LogP contribution >= 0.6 is 0 Å². The summed E-state index contributed by atoms with van der Waals surface area (Å²) in [5, 5.41) is 8.70. The lowest BCUT2D eigenvalue weighted by molar-refractivity contribution is -0.124. The molecule has 1 amide bonds. The van der Waals surface area contributed by atoms with Crippen molar-refractivity contribution < 1.29 is 4.79 Å². The third-order valence-corrected chi connectivity index (χ3v) is 7.35. The molecule has 2 aliphatic rings. The molecule has 0 aliphatic carbocycles. The van der Waals surface area contributed by atoms with E-state index in [1.54, 1.807) is 16.8 Å². The van der Waals surface area contributed by atoms with Crippen LogP contribution in [0.3, 0.4) is 0 Å². The van der Waals surface area contributed by atoms with E-state index in [9.17, 15) is 9.59 Å². The van der Waals surface area contributed by atoms with Gasteiger partial charge in [0, 0.05) is 42.9 Å². The van der Waals surface area contributed by atoms with Crippen LogP contribution in [0, 0.1) is 6.92 Å². The third kappa shape index (κ3) is 4.37. The van der Waals surface area contributed by atoms with Crippen molar-refractivity contribution in [1.29, 1.82) is 0 Å². The number of pyridine rings is 1. The zero-order chi connectivity index (χ0) is 25.5. The highest BCUT2D eigenvalue weighted by Crippen LogP contribution is 2.27. The lowest BCUT2D eigenvalue weighted by atomic mass is 10.0. The topological polar surface area (TPSA) is 118 Å². The van der Waals surface area contributed by atoms with Gasteiger partial charge in [-0.05, 0) is 54.3 Å². The van der Waals surface area contributed by atoms with Gasteiger partial charge in [-0.25, -0.2) is 9.97 Å². The molecule has 4 heterocycles. The summed E-state index contributed by atoms with van der Waals surface area (Å²) in [5.41, 5.74) is 9.10. The van der Waals surface area contributed by atoms with Gasteiger partial charge >= 0.3 is 0 Å². The molecular weight excluding hydrogens is 466 g/mol. The molecule has 0 bridgehead atoms. The molecule has 9 heteroatoms. The molecule has 0 unspecified atom stereocenters. The Morgan fingerprint density at radius 2 is 1.92 bits per heavy atom. The molecule has 0 radical (unpaired) electrons. The lowest BCUT2D eigenvalue weighted by Crippen LogP contribution is -2.55. The number of aromatic nitrogens is 3. The number of benzene rings is 2. The van der Waals surface area contributed by atoms with Crippen molar-refractivity contribution in [2.75, 3.05) is 29.0 Å². The van der Waals surface area contributed by atoms with E-state index in [2.05, 4.69) is 55.8 Å². The van der Waals surface area contributed by atoms with Gasteiger partial charge in [-0.3, -0.25) is 14.2 Å². The van der Waals surface area contributed by atoms with Gasteiger partial charge in [0.15, 0.2) is 5.82 Å². The second-order valence-electron chi connectivity index (χ2n) is 9.80. The minimum atomic E-state index is -0.552. The molecule has 1 atom stereocenters. The van der Waals surface area contributed by atoms with Crippen molar-refractivity contribution in [1.82, 2.24) is 19.9 Å². The summed E-state index contributed by atoms with van der Waals surface area (Å²) in [4.78, 5) is 37.3. The highest BCUT2D eigenvalue weighted by molar-refractivity contribution is 5.86. The molecule has 2 aliphatic heterocycles. The number of hydrogen-bond acceptors (Lipinski definition) is 7. The summed E-state index contributed by atoms with van der Waals surface area (Å²) in [6, 6.07) is 17.9. The van der Waals surface area contributed by atoms with Crippen LogP contribution < -0.4 is 26.8 Å². The second kappa shape index (κ2) is 9.24. The molecule has 1 fully saturated rings. The lowest BCUT2D eigenvalue weighted by Gasteiger charge is -2.41. The fourth-order valence-electron chi connectivity index (χ4n) is 5.23. The Kier molecular flexibility index (Phi) is 5.75. The van der Waals surface area contributed by atoms with Crippen molar-refractivity contribution >= 4 is 34.0 Å². The standard InChI is InChI=1S/C28H29N7O2/c1-17-20(7-11-25(29)32-17)13-31-27(36)24-10-9-23-14-30-26(28(37)35(23)24)33-21-15-34(16-21)22-8-6-18-4-2-3-5-19(18)12-22/h2-8,11-12,14,21,24H,9-10,13,15-16H2,1H3,(H2,29,32)(H,30,33)(H,31,36)/t24-/m0/s1. The summed E-state index contributed by atoms with van der Waals surface area (Å²) in [6.07, 6.45) is 2.93. The number of nitrogens with zero attached hydrogens (tertiary/aromatic N) is 4. The Hall–Kier alpha value is -4.40. The third-order valence-electron chi connectivity index (χ3n) is 7.35. The van der Waals surface area contributed by atoms with Crippen LogP contribution in [0.4, 0.5) is 17.3 Å². The first-order valence-corrected chi connectivity index (χ1v) is 12.6. The first-order valence-electron chi connectivity index (χ1n) is 12.6. The summed E-state index contributed by atoms with van der Waals surface area (Å²) in [5.74, 6) is 0.564. The number of rotatable bonds is 6. The van der Waals surface area contributed by atoms with E-state index in [1.165, 1.54) is 16.5 Å². The Balaban J connectivity index is 1.12. The van der Waals surface area contributed by atoms with Gasteiger partial charge in [0.25, 0.3) is 5.56 Å². The molecule has 4 aromatic rings. The molecule has 2 aromatic heterocycles. The average Bonchev–Trinajstić information content (AvgIpc) is 3.31. The first kappa shape index (κ1) is 23.0. The molecule has 2 aromatic carbocycles. The van der Waals surface area contributed by atoms with Crippen LogP contribution in [0.5, 0.6) is 0 Å². The van der Waals surface area contributed by atoms with E-state index in [4.69, 9.17) is 5.73 Å². The van der Waals surface area contributed by atoms with E-state index >= 15 is 0 Å². The van der Waals surface area contributed by atoms with Crippen LogP contribution in [0.15, 0.2) is 65.6 Å². The zero-order valence-electron chi connectivity index (χ0n) is 20.6. The van der Waals surface area contributed by atoms with Gasteiger partial charge in [0.05, 0.1) is 6.04 Å². The van der Waals surface area contributed by atoms with E-state index in [1.807, 2.05) is 25.1 Å². The molecular formula is C28H29N7O2. The maximum Gasteiger partial charge on any atom is 0.294 e.